The fourth-order valence-corrected chi connectivity index (χ4v) is 1.02. The fourth-order valence-electron chi connectivity index (χ4n) is 1.02. The van der Waals surface area contributed by atoms with E-state index in [2.05, 4.69) is 17.1 Å². The molecule has 3 N–H and O–H groups in total. The number of carbonyl (C=O) groups excluding carboxylic acids is 1. The maximum Gasteiger partial charge on any atom is 0.220 e. The lowest BCUT2D eigenvalue weighted by Gasteiger charge is -2.24. The molecule has 0 aromatic heterocycles. The maximum atomic E-state index is 11.3. The van der Waals surface area contributed by atoms with Crippen molar-refractivity contribution in [1.82, 2.24) is 5.32 Å². The molecule has 0 radical (unpaired) electrons. The third-order valence-corrected chi connectivity index (χ3v) is 1.68. The zero-order valence-corrected chi connectivity index (χ0v) is 8.72. The number of hydrogen-bond donors (Lipinski definition) is 2. The van der Waals surface area contributed by atoms with Crippen molar-refractivity contribution in [1.29, 1.82) is 0 Å². The molecule has 13 heavy (non-hydrogen) atoms. The van der Waals surface area contributed by atoms with Crippen LogP contribution in [0.4, 0.5) is 0 Å². The van der Waals surface area contributed by atoms with E-state index in [-0.39, 0.29) is 11.4 Å². The molecule has 4 heteroatoms. The first-order chi connectivity index (χ1) is 6.02. The molecule has 0 saturated carbocycles. The van der Waals surface area contributed by atoms with Crippen molar-refractivity contribution < 1.29 is 9.63 Å². The predicted molar refractivity (Wildman–Crippen MR) is 51.9 cm³/mol. The van der Waals surface area contributed by atoms with Crippen LogP contribution < -0.4 is 11.2 Å². The van der Waals surface area contributed by atoms with Gasteiger partial charge in [-0.05, 0) is 20.3 Å². The summed E-state index contributed by atoms with van der Waals surface area (Å²) in [6, 6.07) is 0. The summed E-state index contributed by atoms with van der Waals surface area (Å²) in [7, 11) is 0. The van der Waals surface area contributed by atoms with E-state index < -0.39 is 0 Å². The fraction of sp³-hybridized carbons (Fsp3) is 0.889. The largest absolute Gasteiger partial charge is 0.349 e. The highest BCUT2D eigenvalue weighted by Gasteiger charge is 2.19. The lowest BCUT2D eigenvalue weighted by molar-refractivity contribution is -0.123. The Morgan fingerprint density at radius 3 is 2.62 bits per heavy atom. The predicted octanol–water partition coefficient (Wildman–Crippen LogP) is 0.962. The van der Waals surface area contributed by atoms with E-state index in [0.717, 1.165) is 12.8 Å². The van der Waals surface area contributed by atoms with Gasteiger partial charge in [-0.15, -0.1) is 0 Å². The van der Waals surface area contributed by atoms with Crippen molar-refractivity contribution in [2.75, 3.05) is 6.61 Å². The highest BCUT2D eigenvalue weighted by molar-refractivity contribution is 5.76. The Balaban J connectivity index is 3.75. The molecule has 0 aliphatic heterocycles. The second-order valence-electron chi connectivity index (χ2n) is 3.85. The first kappa shape index (κ1) is 12.4. The Morgan fingerprint density at radius 2 is 2.15 bits per heavy atom. The summed E-state index contributed by atoms with van der Waals surface area (Å²) in [5, 5.41) is 2.85. The average Bonchev–Trinajstić information content (AvgIpc) is 1.99. The Labute approximate surface area is 79.8 Å². The number of amides is 1. The Hall–Kier alpha value is -0.610. The molecular weight excluding hydrogens is 168 g/mol. The minimum Gasteiger partial charge on any atom is -0.349 e. The monoisotopic (exact) mass is 188 g/mol. The van der Waals surface area contributed by atoms with Gasteiger partial charge in [-0.2, -0.15) is 0 Å². The molecule has 0 aliphatic carbocycles. The van der Waals surface area contributed by atoms with Crippen LogP contribution in [0.2, 0.25) is 0 Å². The molecule has 0 aromatic rings. The maximum absolute atomic E-state index is 11.3. The zero-order chi connectivity index (χ0) is 10.3. The molecule has 78 valence electrons. The van der Waals surface area contributed by atoms with E-state index in [1.165, 1.54) is 0 Å². The highest BCUT2D eigenvalue weighted by atomic mass is 16.6. The second-order valence-corrected chi connectivity index (χ2v) is 3.85. The van der Waals surface area contributed by atoms with Crippen LogP contribution >= 0.6 is 0 Å². The molecule has 0 unspecified atom stereocenters. The van der Waals surface area contributed by atoms with Crippen LogP contribution in [0.5, 0.6) is 0 Å². The van der Waals surface area contributed by atoms with Gasteiger partial charge in [0, 0.05) is 6.42 Å². The van der Waals surface area contributed by atoms with Crippen molar-refractivity contribution in [3.8, 4) is 0 Å². The molecule has 0 heterocycles. The lowest BCUT2D eigenvalue weighted by atomic mass is 10.1. The van der Waals surface area contributed by atoms with Gasteiger partial charge in [0.1, 0.15) is 0 Å². The van der Waals surface area contributed by atoms with Gasteiger partial charge in [-0.25, -0.2) is 5.90 Å². The summed E-state index contributed by atoms with van der Waals surface area (Å²) in [4.78, 5) is 15.8. The van der Waals surface area contributed by atoms with E-state index >= 15 is 0 Å². The summed E-state index contributed by atoms with van der Waals surface area (Å²) < 4.78 is 0. The van der Waals surface area contributed by atoms with Crippen LogP contribution in [0.25, 0.3) is 0 Å². The van der Waals surface area contributed by atoms with Crippen LogP contribution in [0, 0.1) is 0 Å². The highest BCUT2D eigenvalue weighted by Crippen LogP contribution is 2.03. The van der Waals surface area contributed by atoms with Gasteiger partial charge in [0.15, 0.2) is 0 Å². The molecule has 0 spiro atoms. The summed E-state index contributed by atoms with van der Waals surface area (Å²) >= 11 is 0. The van der Waals surface area contributed by atoms with Crippen LogP contribution in [0.15, 0.2) is 0 Å². The van der Waals surface area contributed by atoms with Crippen molar-refractivity contribution in [3.05, 3.63) is 0 Å². The van der Waals surface area contributed by atoms with Crippen LogP contribution in [0.1, 0.15) is 40.0 Å². The molecule has 4 nitrogen and oxygen atoms in total. The molecule has 0 aliphatic rings. The van der Waals surface area contributed by atoms with Gasteiger partial charge in [0.2, 0.25) is 5.91 Å². The van der Waals surface area contributed by atoms with Gasteiger partial charge in [-0.3, -0.25) is 4.79 Å². The van der Waals surface area contributed by atoms with Gasteiger partial charge < -0.3 is 10.2 Å². The third-order valence-electron chi connectivity index (χ3n) is 1.68. The van der Waals surface area contributed by atoms with Gasteiger partial charge >= 0.3 is 0 Å². The number of nitrogens with one attached hydrogen (secondary N) is 1. The summed E-state index contributed by atoms with van der Waals surface area (Å²) in [6.07, 6.45) is 2.52. The number of unbranched alkanes of at least 4 members (excludes halogenated alkanes) is 1. The van der Waals surface area contributed by atoms with Gasteiger partial charge in [0.05, 0.1) is 12.1 Å². The Morgan fingerprint density at radius 1 is 1.54 bits per heavy atom. The normalized spacial score (nSPS) is 11.4. The third kappa shape index (κ3) is 6.54. The molecule has 1 amide bonds. The Bertz CT molecular complexity index is 158. The molecular formula is C9H20N2O2. The molecule has 0 fully saturated rings. The minimum absolute atomic E-state index is 0.0592. The number of carbonyl (C=O) groups is 1. The van der Waals surface area contributed by atoms with Crippen LogP contribution in [-0.2, 0) is 9.63 Å². The minimum atomic E-state index is -0.375. The quantitative estimate of drug-likeness (QED) is 0.610. The summed E-state index contributed by atoms with van der Waals surface area (Å²) in [5.41, 5.74) is -0.375. The average molecular weight is 188 g/mol. The molecule has 0 rings (SSSR count). The molecule has 0 bridgehead atoms. The smallest absolute Gasteiger partial charge is 0.220 e. The van der Waals surface area contributed by atoms with Crippen molar-refractivity contribution in [2.24, 2.45) is 5.90 Å². The van der Waals surface area contributed by atoms with Crippen molar-refractivity contribution in [2.45, 2.75) is 45.6 Å². The first-order valence-corrected chi connectivity index (χ1v) is 4.64. The van der Waals surface area contributed by atoms with Crippen molar-refractivity contribution in [3.63, 3.8) is 0 Å². The number of nitrogens with two attached hydrogens (primary N) is 1. The topological polar surface area (TPSA) is 64.3 Å². The summed E-state index contributed by atoms with van der Waals surface area (Å²) in [6.45, 7) is 6.14. The standard InChI is InChI=1S/C9H20N2O2/c1-4-5-6-8(12)11-9(2,3)7-13-10/h4-7,10H2,1-3H3,(H,11,12). The van der Waals surface area contributed by atoms with E-state index in [4.69, 9.17) is 5.90 Å². The number of rotatable bonds is 6. The SMILES string of the molecule is CCCCC(=O)NC(C)(C)CON. The molecule has 0 aromatic carbocycles. The van der Waals surface area contributed by atoms with E-state index in [1.807, 2.05) is 13.8 Å². The van der Waals surface area contributed by atoms with E-state index in [9.17, 15) is 4.79 Å². The van der Waals surface area contributed by atoms with Crippen LogP contribution in [-0.4, -0.2) is 18.1 Å². The molecule has 0 saturated heterocycles. The number of hydrogen-bond acceptors (Lipinski definition) is 3. The van der Waals surface area contributed by atoms with Gasteiger partial charge in [-0.1, -0.05) is 13.3 Å². The van der Waals surface area contributed by atoms with Crippen LogP contribution in [0.3, 0.4) is 0 Å². The first-order valence-electron chi connectivity index (χ1n) is 4.64. The van der Waals surface area contributed by atoms with E-state index in [0.29, 0.717) is 13.0 Å². The zero-order valence-electron chi connectivity index (χ0n) is 8.72. The second kappa shape index (κ2) is 5.94. The lowest BCUT2D eigenvalue weighted by Crippen LogP contribution is -2.47. The summed E-state index contributed by atoms with van der Waals surface area (Å²) in [5.74, 6) is 5.00. The Kier molecular flexibility index (Phi) is 5.66. The molecule has 0 atom stereocenters. The van der Waals surface area contributed by atoms with Crippen molar-refractivity contribution >= 4 is 5.91 Å². The van der Waals surface area contributed by atoms with Gasteiger partial charge in [0.25, 0.3) is 0 Å². The van der Waals surface area contributed by atoms with E-state index in [1.54, 1.807) is 0 Å².